The van der Waals surface area contributed by atoms with Crippen LogP contribution in [0.3, 0.4) is 0 Å². The first kappa shape index (κ1) is 9.88. The van der Waals surface area contributed by atoms with Gasteiger partial charge >= 0.3 is 0 Å². The quantitative estimate of drug-likeness (QED) is 0.562. The first-order valence-corrected chi connectivity index (χ1v) is 4.03. The van der Waals surface area contributed by atoms with Gasteiger partial charge in [0.15, 0.2) is 5.78 Å². The van der Waals surface area contributed by atoms with E-state index in [1.807, 2.05) is 0 Å². The SMILES string of the molecule is O=C(CO)C(O)CCc1c[nH]cn1. The van der Waals surface area contributed by atoms with Crippen LogP contribution in [0, 0.1) is 0 Å². The van der Waals surface area contributed by atoms with Crippen molar-refractivity contribution in [1.29, 1.82) is 0 Å². The highest BCUT2D eigenvalue weighted by Gasteiger charge is 2.13. The number of rotatable bonds is 5. The summed E-state index contributed by atoms with van der Waals surface area (Å²) in [6.07, 6.45) is 2.98. The molecule has 0 bridgehead atoms. The summed E-state index contributed by atoms with van der Waals surface area (Å²) in [6, 6.07) is 0. The average Bonchev–Trinajstić information content (AvgIpc) is 2.65. The van der Waals surface area contributed by atoms with Crippen LogP contribution in [0.1, 0.15) is 12.1 Å². The maximum atomic E-state index is 10.7. The van der Waals surface area contributed by atoms with Gasteiger partial charge in [-0.15, -0.1) is 0 Å². The molecule has 0 saturated heterocycles. The van der Waals surface area contributed by atoms with E-state index in [0.29, 0.717) is 12.8 Å². The standard InChI is InChI=1S/C8H12N2O3/c11-4-8(13)7(12)2-1-6-3-9-5-10-6/h3,5,7,11-12H,1-2,4H2,(H,9,10). The molecule has 1 rings (SSSR count). The molecule has 0 amide bonds. The summed E-state index contributed by atoms with van der Waals surface area (Å²) in [5, 5.41) is 17.6. The minimum atomic E-state index is -1.08. The van der Waals surface area contributed by atoms with Gasteiger partial charge < -0.3 is 15.2 Å². The third kappa shape index (κ3) is 2.96. The number of hydrogen-bond donors (Lipinski definition) is 3. The number of imidazole rings is 1. The summed E-state index contributed by atoms with van der Waals surface area (Å²) < 4.78 is 0. The number of H-pyrrole nitrogens is 1. The summed E-state index contributed by atoms with van der Waals surface area (Å²) in [5.41, 5.74) is 0.796. The van der Waals surface area contributed by atoms with Gasteiger partial charge in [-0.1, -0.05) is 0 Å². The Balaban J connectivity index is 2.30. The second-order valence-corrected chi connectivity index (χ2v) is 2.74. The highest BCUT2D eigenvalue weighted by Crippen LogP contribution is 2.01. The van der Waals surface area contributed by atoms with Crippen molar-refractivity contribution in [3.8, 4) is 0 Å². The maximum Gasteiger partial charge on any atom is 0.186 e. The molecule has 1 heterocycles. The van der Waals surface area contributed by atoms with Crippen molar-refractivity contribution in [1.82, 2.24) is 9.97 Å². The monoisotopic (exact) mass is 184 g/mol. The molecule has 0 aliphatic rings. The molecule has 1 unspecified atom stereocenters. The molecular formula is C8H12N2O3. The van der Waals surface area contributed by atoms with E-state index in [9.17, 15) is 4.79 Å². The molecule has 0 saturated carbocycles. The van der Waals surface area contributed by atoms with Crippen molar-refractivity contribution >= 4 is 5.78 Å². The second-order valence-electron chi connectivity index (χ2n) is 2.74. The van der Waals surface area contributed by atoms with Crippen LogP contribution in [-0.4, -0.2) is 38.7 Å². The van der Waals surface area contributed by atoms with E-state index in [2.05, 4.69) is 9.97 Å². The number of aliphatic hydroxyl groups is 2. The van der Waals surface area contributed by atoms with Gasteiger partial charge in [-0.3, -0.25) is 4.79 Å². The lowest BCUT2D eigenvalue weighted by Crippen LogP contribution is -2.23. The summed E-state index contributed by atoms with van der Waals surface area (Å²) in [5.74, 6) is -0.546. The minimum Gasteiger partial charge on any atom is -0.388 e. The Hall–Kier alpha value is -1.20. The molecule has 0 radical (unpaired) electrons. The third-order valence-electron chi connectivity index (χ3n) is 1.76. The highest BCUT2D eigenvalue weighted by atomic mass is 16.3. The Morgan fingerprint density at radius 1 is 1.69 bits per heavy atom. The number of aromatic nitrogens is 2. The summed E-state index contributed by atoms with van der Waals surface area (Å²) in [6.45, 7) is -0.609. The number of carbonyl (C=O) groups is 1. The average molecular weight is 184 g/mol. The van der Waals surface area contributed by atoms with Crippen LogP contribution in [-0.2, 0) is 11.2 Å². The van der Waals surface area contributed by atoms with Crippen LogP contribution in [0.25, 0.3) is 0 Å². The number of aromatic amines is 1. The molecule has 1 aromatic rings. The van der Waals surface area contributed by atoms with Crippen LogP contribution in [0.4, 0.5) is 0 Å². The predicted molar refractivity (Wildman–Crippen MR) is 45.0 cm³/mol. The molecule has 72 valence electrons. The van der Waals surface area contributed by atoms with Gasteiger partial charge in [0.25, 0.3) is 0 Å². The molecule has 0 spiro atoms. The second kappa shape index (κ2) is 4.74. The Morgan fingerprint density at radius 2 is 2.46 bits per heavy atom. The van der Waals surface area contributed by atoms with Crippen LogP contribution in [0.15, 0.2) is 12.5 Å². The number of carbonyl (C=O) groups excluding carboxylic acids is 1. The number of ketones is 1. The molecular weight excluding hydrogens is 172 g/mol. The van der Waals surface area contributed by atoms with E-state index in [0.717, 1.165) is 5.69 Å². The number of aryl methyl sites for hydroxylation is 1. The molecule has 5 nitrogen and oxygen atoms in total. The molecule has 1 aromatic heterocycles. The van der Waals surface area contributed by atoms with Crippen LogP contribution >= 0.6 is 0 Å². The lowest BCUT2D eigenvalue weighted by atomic mass is 10.1. The van der Waals surface area contributed by atoms with Crippen molar-refractivity contribution in [3.63, 3.8) is 0 Å². The number of nitrogens with zero attached hydrogens (tertiary/aromatic N) is 1. The molecule has 13 heavy (non-hydrogen) atoms. The molecule has 1 atom stereocenters. The summed E-state index contributed by atoms with van der Waals surface area (Å²) in [4.78, 5) is 17.4. The maximum absolute atomic E-state index is 10.7. The van der Waals surface area contributed by atoms with Gasteiger partial charge in [0.2, 0.25) is 0 Å². The highest BCUT2D eigenvalue weighted by molar-refractivity contribution is 5.83. The number of nitrogens with one attached hydrogen (secondary N) is 1. The van der Waals surface area contributed by atoms with Gasteiger partial charge in [-0.05, 0) is 12.8 Å². The number of aliphatic hydroxyl groups excluding tert-OH is 2. The smallest absolute Gasteiger partial charge is 0.186 e. The Morgan fingerprint density at radius 3 is 3.00 bits per heavy atom. The van der Waals surface area contributed by atoms with Gasteiger partial charge in [0, 0.05) is 6.20 Å². The normalized spacial score (nSPS) is 12.8. The Bertz CT molecular complexity index is 258. The fourth-order valence-corrected chi connectivity index (χ4v) is 0.979. The summed E-state index contributed by atoms with van der Waals surface area (Å²) >= 11 is 0. The Labute approximate surface area is 75.4 Å². The van der Waals surface area contributed by atoms with Gasteiger partial charge in [-0.25, -0.2) is 4.98 Å². The van der Waals surface area contributed by atoms with E-state index < -0.39 is 18.5 Å². The molecule has 0 aliphatic carbocycles. The number of hydrogen-bond acceptors (Lipinski definition) is 4. The van der Waals surface area contributed by atoms with Gasteiger partial charge in [0.05, 0.1) is 12.0 Å². The Kier molecular flexibility index (Phi) is 3.60. The van der Waals surface area contributed by atoms with Gasteiger partial charge in [-0.2, -0.15) is 0 Å². The molecule has 0 aromatic carbocycles. The van der Waals surface area contributed by atoms with E-state index in [1.54, 1.807) is 6.20 Å². The fraction of sp³-hybridized carbons (Fsp3) is 0.500. The van der Waals surface area contributed by atoms with E-state index in [1.165, 1.54) is 6.33 Å². The zero-order valence-corrected chi connectivity index (χ0v) is 7.10. The number of Topliss-reactive ketones (excluding diaryl/α,β-unsaturated/α-hetero) is 1. The fourth-order valence-electron chi connectivity index (χ4n) is 0.979. The van der Waals surface area contributed by atoms with Crippen molar-refractivity contribution in [2.24, 2.45) is 0 Å². The molecule has 3 N–H and O–H groups in total. The molecule has 5 heteroatoms. The van der Waals surface area contributed by atoms with E-state index >= 15 is 0 Å². The lowest BCUT2D eigenvalue weighted by molar-refractivity contribution is -0.130. The topological polar surface area (TPSA) is 86.2 Å². The predicted octanol–water partition coefficient (Wildman–Crippen LogP) is -0.735. The van der Waals surface area contributed by atoms with Crippen molar-refractivity contribution < 1.29 is 15.0 Å². The van der Waals surface area contributed by atoms with Crippen LogP contribution in [0.2, 0.25) is 0 Å². The van der Waals surface area contributed by atoms with E-state index in [4.69, 9.17) is 10.2 Å². The molecule has 0 aliphatic heterocycles. The van der Waals surface area contributed by atoms with Gasteiger partial charge in [0.1, 0.15) is 12.7 Å². The van der Waals surface area contributed by atoms with Crippen molar-refractivity contribution in [3.05, 3.63) is 18.2 Å². The zero-order valence-electron chi connectivity index (χ0n) is 7.10. The largest absolute Gasteiger partial charge is 0.388 e. The van der Waals surface area contributed by atoms with Crippen LogP contribution < -0.4 is 0 Å². The van der Waals surface area contributed by atoms with Crippen LogP contribution in [0.5, 0.6) is 0 Å². The zero-order chi connectivity index (χ0) is 9.68. The molecule has 0 fully saturated rings. The summed E-state index contributed by atoms with van der Waals surface area (Å²) in [7, 11) is 0. The lowest BCUT2D eigenvalue weighted by Gasteiger charge is -2.05. The first-order chi connectivity index (χ1) is 6.24. The van der Waals surface area contributed by atoms with Crippen molar-refractivity contribution in [2.45, 2.75) is 18.9 Å². The third-order valence-corrected chi connectivity index (χ3v) is 1.76. The first-order valence-electron chi connectivity index (χ1n) is 4.03. The van der Waals surface area contributed by atoms with Crippen molar-refractivity contribution in [2.75, 3.05) is 6.61 Å². The minimum absolute atomic E-state index is 0.296. The van der Waals surface area contributed by atoms with E-state index in [-0.39, 0.29) is 0 Å².